The van der Waals surface area contributed by atoms with Crippen LogP contribution in [0.15, 0.2) is 24.3 Å². The number of fused-ring (bicyclic) bond motifs is 1. The summed E-state index contributed by atoms with van der Waals surface area (Å²) in [5, 5.41) is 3.75. The van der Waals surface area contributed by atoms with Gasteiger partial charge in [-0.2, -0.15) is 0 Å². The molecular weight excluding hydrogens is 320 g/mol. The molecule has 1 aliphatic carbocycles. The Morgan fingerprint density at radius 1 is 1.21 bits per heavy atom. The number of aromatic nitrogens is 1. The molecule has 2 aromatic rings. The topological polar surface area (TPSA) is 51.2 Å². The highest BCUT2D eigenvalue weighted by Gasteiger charge is 2.15. The van der Waals surface area contributed by atoms with Gasteiger partial charge in [-0.15, -0.1) is 11.3 Å². The average Bonchev–Trinajstić information content (AvgIpc) is 2.83. The fourth-order valence-electron chi connectivity index (χ4n) is 3.01. The molecule has 1 N–H and O–H groups in total. The van der Waals surface area contributed by atoms with Crippen LogP contribution < -0.4 is 10.1 Å². The van der Waals surface area contributed by atoms with Gasteiger partial charge in [-0.05, 0) is 56.2 Å². The second-order valence-electron chi connectivity index (χ2n) is 6.20. The first-order valence-electron chi connectivity index (χ1n) is 8.66. The molecule has 1 aromatic carbocycles. The van der Waals surface area contributed by atoms with E-state index in [0.717, 1.165) is 36.6 Å². The molecule has 0 radical (unpaired) electrons. The summed E-state index contributed by atoms with van der Waals surface area (Å²) in [6, 6.07) is 8.01. The molecule has 1 heterocycles. The van der Waals surface area contributed by atoms with E-state index in [1.165, 1.54) is 35.4 Å². The lowest BCUT2D eigenvalue weighted by molar-refractivity contribution is -0.116. The van der Waals surface area contributed by atoms with Crippen LogP contribution >= 0.6 is 11.3 Å². The van der Waals surface area contributed by atoms with Crippen molar-refractivity contribution in [2.45, 2.75) is 51.4 Å². The van der Waals surface area contributed by atoms with E-state index in [1.54, 1.807) is 18.4 Å². The number of benzene rings is 1. The summed E-state index contributed by atoms with van der Waals surface area (Å²) in [6.45, 7) is 0. The van der Waals surface area contributed by atoms with Gasteiger partial charge in [0.2, 0.25) is 5.91 Å². The molecular formula is C19H24N2O2S. The molecule has 24 heavy (non-hydrogen) atoms. The van der Waals surface area contributed by atoms with E-state index in [2.05, 4.69) is 22.4 Å². The summed E-state index contributed by atoms with van der Waals surface area (Å²) < 4.78 is 5.15. The Bertz CT molecular complexity index is 656. The van der Waals surface area contributed by atoms with Crippen LogP contribution in [-0.4, -0.2) is 18.0 Å². The second-order valence-corrected chi connectivity index (χ2v) is 7.28. The number of rotatable bonds is 6. The first kappa shape index (κ1) is 17.0. The SMILES string of the molecule is COc1ccc(CCCC(=O)Nc2nc3c(s2)CCCCC3)cc1. The fourth-order valence-corrected chi connectivity index (χ4v) is 4.08. The van der Waals surface area contributed by atoms with Crippen molar-refractivity contribution in [1.29, 1.82) is 0 Å². The summed E-state index contributed by atoms with van der Waals surface area (Å²) in [7, 11) is 1.66. The van der Waals surface area contributed by atoms with E-state index < -0.39 is 0 Å². The summed E-state index contributed by atoms with van der Waals surface area (Å²) in [6.07, 6.45) is 8.16. The van der Waals surface area contributed by atoms with E-state index in [-0.39, 0.29) is 5.91 Å². The van der Waals surface area contributed by atoms with E-state index in [0.29, 0.717) is 6.42 Å². The maximum absolute atomic E-state index is 12.1. The molecule has 128 valence electrons. The van der Waals surface area contributed by atoms with Crippen LogP contribution in [0.5, 0.6) is 5.75 Å². The van der Waals surface area contributed by atoms with Crippen molar-refractivity contribution in [2.75, 3.05) is 12.4 Å². The van der Waals surface area contributed by atoms with Gasteiger partial charge in [0, 0.05) is 11.3 Å². The molecule has 0 bridgehead atoms. The standard InChI is InChI=1S/C19H24N2O2S/c1-23-15-12-10-14(11-13-15)6-5-9-18(22)21-19-20-16-7-3-2-4-8-17(16)24-19/h10-13H,2-9H2,1H3,(H,20,21,22). The van der Waals surface area contributed by atoms with Crippen LogP contribution in [0, 0.1) is 0 Å². The summed E-state index contributed by atoms with van der Waals surface area (Å²) in [5.41, 5.74) is 2.43. The largest absolute Gasteiger partial charge is 0.497 e. The monoisotopic (exact) mass is 344 g/mol. The van der Waals surface area contributed by atoms with Crippen LogP contribution in [0.3, 0.4) is 0 Å². The maximum Gasteiger partial charge on any atom is 0.226 e. The molecule has 0 aliphatic heterocycles. The van der Waals surface area contributed by atoms with Gasteiger partial charge >= 0.3 is 0 Å². The number of aryl methyl sites for hydroxylation is 3. The smallest absolute Gasteiger partial charge is 0.226 e. The third kappa shape index (κ3) is 4.57. The van der Waals surface area contributed by atoms with Gasteiger partial charge in [0.1, 0.15) is 5.75 Å². The van der Waals surface area contributed by atoms with Gasteiger partial charge in [-0.25, -0.2) is 4.98 Å². The number of carbonyl (C=O) groups excluding carboxylic acids is 1. The highest BCUT2D eigenvalue weighted by Crippen LogP contribution is 2.29. The zero-order chi connectivity index (χ0) is 16.8. The lowest BCUT2D eigenvalue weighted by atomic mass is 10.1. The normalized spacial score (nSPS) is 13.9. The minimum atomic E-state index is 0.0624. The van der Waals surface area contributed by atoms with E-state index in [9.17, 15) is 4.79 Å². The lowest BCUT2D eigenvalue weighted by Crippen LogP contribution is -2.11. The van der Waals surface area contributed by atoms with Crippen LogP contribution in [0.4, 0.5) is 5.13 Å². The average molecular weight is 344 g/mol. The van der Waals surface area contributed by atoms with Gasteiger partial charge in [-0.1, -0.05) is 18.6 Å². The van der Waals surface area contributed by atoms with Crippen molar-refractivity contribution in [3.8, 4) is 5.75 Å². The predicted octanol–water partition coefficient (Wildman–Crippen LogP) is 4.38. The van der Waals surface area contributed by atoms with E-state index >= 15 is 0 Å². The summed E-state index contributed by atoms with van der Waals surface area (Å²) in [4.78, 5) is 18.1. The third-order valence-electron chi connectivity index (χ3n) is 4.37. The number of anilines is 1. The maximum atomic E-state index is 12.1. The van der Waals surface area contributed by atoms with Gasteiger partial charge in [0.25, 0.3) is 0 Å². The number of hydrogen-bond donors (Lipinski definition) is 1. The summed E-state index contributed by atoms with van der Waals surface area (Å²) in [5.74, 6) is 0.924. The predicted molar refractivity (Wildman–Crippen MR) is 97.9 cm³/mol. The number of amides is 1. The Labute approximate surface area is 147 Å². The first-order chi connectivity index (χ1) is 11.7. The molecule has 3 rings (SSSR count). The number of nitrogens with zero attached hydrogens (tertiary/aromatic N) is 1. The molecule has 0 fully saturated rings. The molecule has 5 heteroatoms. The minimum absolute atomic E-state index is 0.0624. The van der Waals surface area contributed by atoms with Crippen LogP contribution in [0.25, 0.3) is 0 Å². The lowest BCUT2D eigenvalue weighted by Gasteiger charge is -2.04. The number of carbonyl (C=O) groups is 1. The summed E-state index contributed by atoms with van der Waals surface area (Å²) >= 11 is 1.65. The van der Waals surface area contributed by atoms with Gasteiger partial charge in [0.05, 0.1) is 12.8 Å². The molecule has 0 spiro atoms. The molecule has 0 saturated heterocycles. The van der Waals surface area contributed by atoms with Gasteiger partial charge in [0.15, 0.2) is 5.13 Å². The quantitative estimate of drug-likeness (QED) is 0.791. The number of ether oxygens (including phenoxy) is 1. The molecule has 0 saturated carbocycles. The highest BCUT2D eigenvalue weighted by molar-refractivity contribution is 7.15. The highest BCUT2D eigenvalue weighted by atomic mass is 32.1. The minimum Gasteiger partial charge on any atom is -0.497 e. The zero-order valence-electron chi connectivity index (χ0n) is 14.1. The van der Waals surface area contributed by atoms with Crippen molar-refractivity contribution in [3.05, 3.63) is 40.4 Å². The molecule has 0 unspecified atom stereocenters. The number of thiazole rings is 1. The Morgan fingerprint density at radius 2 is 2.00 bits per heavy atom. The molecule has 1 aliphatic rings. The van der Waals surface area contributed by atoms with E-state index in [1.807, 2.05) is 12.1 Å². The molecule has 1 amide bonds. The van der Waals surface area contributed by atoms with Gasteiger partial charge < -0.3 is 10.1 Å². The van der Waals surface area contributed by atoms with Crippen LogP contribution in [-0.2, 0) is 24.1 Å². The fraction of sp³-hybridized carbons (Fsp3) is 0.474. The van der Waals surface area contributed by atoms with Crippen LogP contribution in [0.1, 0.15) is 48.2 Å². The molecule has 0 atom stereocenters. The third-order valence-corrected chi connectivity index (χ3v) is 5.44. The number of nitrogens with one attached hydrogen (secondary N) is 1. The van der Waals surface area contributed by atoms with Crippen molar-refractivity contribution < 1.29 is 9.53 Å². The van der Waals surface area contributed by atoms with Crippen molar-refractivity contribution in [1.82, 2.24) is 4.98 Å². The number of methoxy groups -OCH3 is 1. The van der Waals surface area contributed by atoms with Crippen molar-refractivity contribution >= 4 is 22.4 Å². The van der Waals surface area contributed by atoms with Gasteiger partial charge in [-0.3, -0.25) is 4.79 Å². The van der Waals surface area contributed by atoms with Crippen LogP contribution in [0.2, 0.25) is 0 Å². The van der Waals surface area contributed by atoms with E-state index in [4.69, 9.17) is 4.74 Å². The first-order valence-corrected chi connectivity index (χ1v) is 9.47. The number of hydrogen-bond acceptors (Lipinski definition) is 4. The van der Waals surface area contributed by atoms with Crippen molar-refractivity contribution in [2.24, 2.45) is 0 Å². The van der Waals surface area contributed by atoms with Crippen molar-refractivity contribution in [3.63, 3.8) is 0 Å². The molecule has 4 nitrogen and oxygen atoms in total. The zero-order valence-corrected chi connectivity index (χ0v) is 15.0. The Kier molecular flexibility index (Phi) is 5.86. The Hall–Kier alpha value is -1.88. The molecule has 1 aromatic heterocycles. The Morgan fingerprint density at radius 3 is 2.79 bits per heavy atom. The Balaban J connectivity index is 1.45. The second kappa shape index (κ2) is 8.29.